The topological polar surface area (TPSA) is 45.4 Å². The van der Waals surface area contributed by atoms with Crippen LogP contribution in [0.15, 0.2) is 16.9 Å². The van der Waals surface area contributed by atoms with Crippen LogP contribution in [0.1, 0.15) is 18.4 Å². The predicted octanol–water partition coefficient (Wildman–Crippen LogP) is 3.96. The molecule has 10 heteroatoms. The summed E-state index contributed by atoms with van der Waals surface area (Å²) in [5.41, 5.74) is -1.88. The molecular formula is C18H15F5N4O. The second kappa shape index (κ2) is 6.00. The Morgan fingerprint density at radius 1 is 1.04 bits per heavy atom. The Kier molecular flexibility index (Phi) is 3.77. The Bertz CT molecular complexity index is 1080. The molecule has 5 rings (SSSR count). The molecule has 2 fully saturated rings. The van der Waals surface area contributed by atoms with Gasteiger partial charge in [0.15, 0.2) is 23.0 Å². The van der Waals surface area contributed by atoms with E-state index in [1.54, 1.807) is 0 Å². The van der Waals surface area contributed by atoms with Crippen LogP contribution in [0.4, 0.5) is 27.8 Å². The molecule has 5 nitrogen and oxygen atoms in total. The average Bonchev–Trinajstić information content (AvgIpc) is 3.31. The number of pyridine rings is 1. The minimum absolute atomic E-state index is 0.175. The Morgan fingerprint density at radius 2 is 1.86 bits per heavy atom. The van der Waals surface area contributed by atoms with Crippen molar-refractivity contribution in [2.45, 2.75) is 25.1 Å². The highest BCUT2D eigenvalue weighted by atomic mass is 19.4. The van der Waals surface area contributed by atoms with Gasteiger partial charge in [0.25, 0.3) is 0 Å². The zero-order valence-electron chi connectivity index (χ0n) is 14.6. The van der Waals surface area contributed by atoms with Crippen LogP contribution in [0.25, 0.3) is 21.8 Å². The smallest absolute Gasteiger partial charge is 0.363 e. The molecule has 2 saturated heterocycles. The second-order valence-electron chi connectivity index (χ2n) is 7.24. The fourth-order valence-electron chi connectivity index (χ4n) is 4.29. The molecule has 28 heavy (non-hydrogen) atoms. The highest BCUT2D eigenvalue weighted by molar-refractivity contribution is 6.08. The minimum atomic E-state index is -5.03. The molecule has 0 bridgehead atoms. The summed E-state index contributed by atoms with van der Waals surface area (Å²) in [5.74, 6) is -3.26. The third-order valence-corrected chi connectivity index (χ3v) is 5.66. The molecule has 1 aromatic carbocycles. The van der Waals surface area contributed by atoms with Gasteiger partial charge in [-0.1, -0.05) is 5.16 Å². The van der Waals surface area contributed by atoms with Gasteiger partial charge < -0.3 is 9.42 Å². The van der Waals surface area contributed by atoms with Gasteiger partial charge in [0.05, 0.1) is 10.9 Å². The maximum atomic E-state index is 14.6. The summed E-state index contributed by atoms with van der Waals surface area (Å²) in [6.45, 7) is 3.09. The van der Waals surface area contributed by atoms with Crippen molar-refractivity contribution < 1.29 is 26.5 Å². The normalized spacial score (nSPS) is 21.0. The third kappa shape index (κ3) is 2.54. The van der Waals surface area contributed by atoms with Gasteiger partial charge >= 0.3 is 6.18 Å². The van der Waals surface area contributed by atoms with Gasteiger partial charge in [0, 0.05) is 31.1 Å². The Balaban J connectivity index is 1.71. The first-order valence-corrected chi connectivity index (χ1v) is 8.96. The van der Waals surface area contributed by atoms with Crippen LogP contribution < -0.4 is 4.90 Å². The first-order valence-electron chi connectivity index (χ1n) is 8.96. The van der Waals surface area contributed by atoms with E-state index in [0.717, 1.165) is 32.2 Å². The van der Waals surface area contributed by atoms with Crippen molar-refractivity contribution in [1.29, 1.82) is 0 Å². The van der Waals surface area contributed by atoms with Crippen LogP contribution >= 0.6 is 0 Å². The Morgan fingerprint density at radius 3 is 2.64 bits per heavy atom. The molecule has 0 aliphatic carbocycles. The Labute approximate surface area is 155 Å². The fourth-order valence-corrected chi connectivity index (χ4v) is 4.29. The second-order valence-corrected chi connectivity index (χ2v) is 7.24. The summed E-state index contributed by atoms with van der Waals surface area (Å²) in [7, 11) is 0. The van der Waals surface area contributed by atoms with Gasteiger partial charge in [-0.05, 0) is 25.5 Å². The van der Waals surface area contributed by atoms with Crippen LogP contribution in [-0.2, 0) is 6.18 Å². The fraction of sp³-hybridized carbons (Fsp3) is 0.444. The number of anilines is 1. The van der Waals surface area contributed by atoms with Crippen molar-refractivity contribution in [3.63, 3.8) is 0 Å². The van der Waals surface area contributed by atoms with E-state index in [0.29, 0.717) is 31.0 Å². The van der Waals surface area contributed by atoms with Crippen molar-refractivity contribution >= 4 is 27.6 Å². The number of alkyl halides is 3. The maximum Gasteiger partial charge on any atom is 0.419 e. The van der Waals surface area contributed by atoms with Crippen molar-refractivity contribution in [2.75, 3.05) is 31.1 Å². The molecule has 1 unspecified atom stereocenters. The molecule has 0 radical (unpaired) electrons. The van der Waals surface area contributed by atoms with Crippen molar-refractivity contribution in [2.24, 2.45) is 0 Å². The van der Waals surface area contributed by atoms with Gasteiger partial charge in [-0.2, -0.15) is 13.2 Å². The van der Waals surface area contributed by atoms with E-state index in [9.17, 15) is 22.0 Å². The minimum Gasteiger partial charge on any atom is -0.363 e. The average molecular weight is 398 g/mol. The zero-order chi connectivity index (χ0) is 19.6. The van der Waals surface area contributed by atoms with E-state index in [1.165, 1.54) is 0 Å². The number of aromatic nitrogens is 2. The van der Waals surface area contributed by atoms with Gasteiger partial charge in [-0.15, -0.1) is 0 Å². The molecule has 0 amide bonds. The number of nitrogens with zero attached hydrogens (tertiary/aromatic N) is 4. The van der Waals surface area contributed by atoms with Crippen molar-refractivity contribution in [1.82, 2.24) is 15.0 Å². The Hall–Kier alpha value is -2.49. The number of halogens is 5. The maximum absolute atomic E-state index is 14.6. The number of piperazine rings is 1. The van der Waals surface area contributed by atoms with E-state index in [-0.39, 0.29) is 16.3 Å². The third-order valence-electron chi connectivity index (χ3n) is 5.66. The lowest BCUT2D eigenvalue weighted by Gasteiger charge is -2.38. The van der Waals surface area contributed by atoms with E-state index in [1.807, 2.05) is 4.90 Å². The van der Waals surface area contributed by atoms with Gasteiger partial charge in [-0.25, -0.2) is 13.8 Å². The lowest BCUT2D eigenvalue weighted by atomic mass is 10.1. The molecule has 2 aliphatic heterocycles. The summed E-state index contributed by atoms with van der Waals surface area (Å²) in [4.78, 5) is 8.49. The highest BCUT2D eigenvalue weighted by Gasteiger charge is 2.38. The van der Waals surface area contributed by atoms with Crippen LogP contribution in [0, 0.1) is 11.6 Å². The van der Waals surface area contributed by atoms with Gasteiger partial charge in [0.2, 0.25) is 0 Å². The molecule has 0 N–H and O–H groups in total. The molecule has 4 heterocycles. The molecule has 148 valence electrons. The number of rotatable bonds is 1. The van der Waals surface area contributed by atoms with Crippen molar-refractivity contribution in [3.8, 4) is 0 Å². The largest absolute Gasteiger partial charge is 0.419 e. The summed E-state index contributed by atoms with van der Waals surface area (Å²) in [6.07, 6.45) is -1.75. The van der Waals surface area contributed by atoms with Crippen LogP contribution in [0.2, 0.25) is 0 Å². The molecule has 2 aliphatic rings. The highest BCUT2D eigenvalue weighted by Crippen LogP contribution is 2.39. The number of hydrogen-bond acceptors (Lipinski definition) is 5. The summed E-state index contributed by atoms with van der Waals surface area (Å²) in [5, 5.41) is 3.89. The SMILES string of the molecule is Fc1c(C(F)(F)F)cc2c(nc(N3CCN4CCCC4C3)c3nocc32)c1F. The lowest BCUT2D eigenvalue weighted by molar-refractivity contribution is -0.140. The van der Waals surface area contributed by atoms with E-state index >= 15 is 0 Å². The van der Waals surface area contributed by atoms with Gasteiger partial charge in [0.1, 0.15) is 11.8 Å². The zero-order valence-corrected chi connectivity index (χ0v) is 14.6. The lowest BCUT2D eigenvalue weighted by Crippen LogP contribution is -2.50. The molecule has 1 atom stereocenters. The number of fused-ring (bicyclic) bond motifs is 4. The molecule has 2 aromatic heterocycles. The molecule has 0 saturated carbocycles. The molecule has 3 aromatic rings. The van der Waals surface area contributed by atoms with E-state index in [4.69, 9.17) is 4.52 Å². The number of benzene rings is 1. The van der Waals surface area contributed by atoms with E-state index < -0.39 is 28.9 Å². The first-order chi connectivity index (χ1) is 13.3. The quantitative estimate of drug-likeness (QED) is 0.581. The van der Waals surface area contributed by atoms with E-state index in [2.05, 4.69) is 15.0 Å². The van der Waals surface area contributed by atoms with Gasteiger partial charge in [-0.3, -0.25) is 4.90 Å². The monoisotopic (exact) mass is 398 g/mol. The van der Waals surface area contributed by atoms with Crippen LogP contribution in [0.3, 0.4) is 0 Å². The van der Waals surface area contributed by atoms with Crippen molar-refractivity contribution in [3.05, 3.63) is 29.5 Å². The standard InChI is InChI=1S/C18H15F5N4O/c19-13-12(18(21,22)23)6-10-11-8-28-25-16(11)17(24-15(10)14(13)20)27-5-4-26-3-1-2-9(26)7-27/h6,8-9H,1-5,7H2. The molecular weight excluding hydrogens is 383 g/mol. The van der Waals surface area contributed by atoms with Crippen LogP contribution in [0.5, 0.6) is 0 Å². The predicted molar refractivity (Wildman–Crippen MR) is 91.0 cm³/mol. The summed E-state index contributed by atoms with van der Waals surface area (Å²) in [6, 6.07) is 0.904. The number of hydrogen-bond donors (Lipinski definition) is 0. The van der Waals surface area contributed by atoms with Crippen LogP contribution in [-0.4, -0.2) is 47.3 Å². The summed E-state index contributed by atoms with van der Waals surface area (Å²) >= 11 is 0. The first kappa shape index (κ1) is 17.6. The summed E-state index contributed by atoms with van der Waals surface area (Å²) < 4.78 is 72.9. The molecule has 0 spiro atoms.